The van der Waals surface area contributed by atoms with Gasteiger partial charge in [-0.1, -0.05) is 35.5 Å². The van der Waals surface area contributed by atoms with Gasteiger partial charge in [-0.2, -0.15) is 4.98 Å². The van der Waals surface area contributed by atoms with Crippen LogP contribution in [0.3, 0.4) is 0 Å². The fourth-order valence-corrected chi connectivity index (χ4v) is 3.60. The van der Waals surface area contributed by atoms with Crippen LogP contribution in [0.5, 0.6) is 5.75 Å². The molecule has 2 heterocycles. The van der Waals surface area contributed by atoms with E-state index in [4.69, 9.17) is 9.26 Å². The molecule has 7 nitrogen and oxygen atoms in total. The van der Waals surface area contributed by atoms with E-state index < -0.39 is 0 Å². The van der Waals surface area contributed by atoms with E-state index in [0.717, 1.165) is 22.6 Å². The number of aromatic nitrogens is 3. The van der Waals surface area contributed by atoms with E-state index in [1.165, 1.54) is 11.3 Å². The lowest BCUT2D eigenvalue weighted by Crippen LogP contribution is -2.11. The highest BCUT2D eigenvalue weighted by atomic mass is 32.1. The molecule has 0 saturated carbocycles. The molecule has 0 spiro atoms. The van der Waals surface area contributed by atoms with Crippen molar-refractivity contribution in [2.75, 3.05) is 12.4 Å². The van der Waals surface area contributed by atoms with E-state index in [-0.39, 0.29) is 5.91 Å². The Morgan fingerprint density at radius 2 is 1.87 bits per heavy atom. The Balaban J connectivity index is 1.26. The van der Waals surface area contributed by atoms with Crippen LogP contribution in [0.1, 0.15) is 18.7 Å². The summed E-state index contributed by atoms with van der Waals surface area (Å²) >= 11 is 1.40. The van der Waals surface area contributed by atoms with Crippen molar-refractivity contribution in [3.63, 3.8) is 0 Å². The second kappa shape index (κ2) is 9.32. The molecule has 0 unspecified atom stereocenters. The summed E-state index contributed by atoms with van der Waals surface area (Å²) in [6.07, 6.45) is 1.50. The predicted octanol–water partition coefficient (Wildman–Crippen LogP) is 4.83. The van der Waals surface area contributed by atoms with Crippen LogP contribution >= 0.6 is 11.3 Å². The molecular formula is C22H20N4O3S. The van der Waals surface area contributed by atoms with Crippen molar-refractivity contribution >= 4 is 22.4 Å². The maximum absolute atomic E-state index is 12.2. The van der Waals surface area contributed by atoms with E-state index in [1.54, 1.807) is 7.11 Å². The Morgan fingerprint density at radius 1 is 1.07 bits per heavy atom. The third kappa shape index (κ3) is 4.90. The van der Waals surface area contributed by atoms with Crippen LogP contribution < -0.4 is 10.1 Å². The summed E-state index contributed by atoms with van der Waals surface area (Å²) in [4.78, 5) is 21.1. The quantitative estimate of drug-likeness (QED) is 0.439. The summed E-state index contributed by atoms with van der Waals surface area (Å²) in [5, 5.41) is 9.34. The predicted molar refractivity (Wildman–Crippen MR) is 115 cm³/mol. The fraction of sp³-hybridized carbons (Fsp3) is 0.182. The van der Waals surface area contributed by atoms with Crippen molar-refractivity contribution in [1.82, 2.24) is 15.1 Å². The second-order valence-corrected chi connectivity index (χ2v) is 7.40. The first kappa shape index (κ1) is 19.8. The molecule has 0 saturated heterocycles. The van der Waals surface area contributed by atoms with Gasteiger partial charge in [0.15, 0.2) is 5.13 Å². The minimum Gasteiger partial charge on any atom is -0.497 e. The average Bonchev–Trinajstić information content (AvgIpc) is 3.44. The molecule has 4 aromatic rings. The molecule has 4 rings (SSSR count). The smallest absolute Gasteiger partial charge is 0.226 e. The molecular weight excluding hydrogens is 400 g/mol. The minimum absolute atomic E-state index is 0.0894. The van der Waals surface area contributed by atoms with E-state index >= 15 is 0 Å². The molecule has 30 heavy (non-hydrogen) atoms. The molecule has 8 heteroatoms. The Bertz CT molecular complexity index is 1110. The van der Waals surface area contributed by atoms with E-state index in [0.29, 0.717) is 36.1 Å². The summed E-state index contributed by atoms with van der Waals surface area (Å²) in [6, 6.07) is 17.3. The lowest BCUT2D eigenvalue weighted by molar-refractivity contribution is -0.116. The highest BCUT2D eigenvalue weighted by Gasteiger charge is 2.11. The van der Waals surface area contributed by atoms with Crippen molar-refractivity contribution in [3.05, 3.63) is 65.9 Å². The summed E-state index contributed by atoms with van der Waals surface area (Å²) in [7, 11) is 1.63. The van der Waals surface area contributed by atoms with E-state index in [1.807, 2.05) is 60.0 Å². The number of hydrogen-bond acceptors (Lipinski definition) is 7. The first-order chi connectivity index (χ1) is 14.7. The zero-order valence-corrected chi connectivity index (χ0v) is 17.2. The Morgan fingerprint density at radius 3 is 2.63 bits per heavy atom. The highest BCUT2D eigenvalue weighted by Crippen LogP contribution is 2.26. The van der Waals surface area contributed by atoms with Gasteiger partial charge in [-0.15, -0.1) is 11.3 Å². The van der Waals surface area contributed by atoms with Crippen LogP contribution in [0.15, 0.2) is 64.5 Å². The fourth-order valence-electron chi connectivity index (χ4n) is 2.87. The maximum atomic E-state index is 12.2. The zero-order chi connectivity index (χ0) is 20.8. The van der Waals surface area contributed by atoms with Gasteiger partial charge < -0.3 is 14.6 Å². The first-order valence-corrected chi connectivity index (χ1v) is 10.4. The van der Waals surface area contributed by atoms with Gasteiger partial charge in [-0.3, -0.25) is 4.79 Å². The van der Waals surface area contributed by atoms with Crippen molar-refractivity contribution in [1.29, 1.82) is 0 Å². The number of rotatable bonds is 8. The van der Waals surface area contributed by atoms with Gasteiger partial charge in [-0.05, 0) is 30.7 Å². The van der Waals surface area contributed by atoms with E-state index in [9.17, 15) is 4.79 Å². The molecule has 0 bridgehead atoms. The Kier molecular flexibility index (Phi) is 6.14. The molecule has 2 aromatic carbocycles. The van der Waals surface area contributed by atoms with Crippen LogP contribution in [-0.2, 0) is 11.2 Å². The standard InChI is InChI=1S/C22H20N4O3S/c1-28-17-12-10-15(11-13-17)18-14-30-22(23-18)24-19(27)8-5-9-20-25-21(26-29-20)16-6-3-2-4-7-16/h2-4,6-7,10-14H,5,8-9H2,1H3,(H,23,24,27). The summed E-state index contributed by atoms with van der Waals surface area (Å²) in [6.45, 7) is 0. The molecule has 0 aliphatic heterocycles. The number of ether oxygens (including phenoxy) is 1. The minimum atomic E-state index is -0.0894. The van der Waals surface area contributed by atoms with Crippen LogP contribution in [0.2, 0.25) is 0 Å². The molecule has 0 aliphatic rings. The van der Waals surface area contributed by atoms with Gasteiger partial charge in [0.1, 0.15) is 5.75 Å². The lowest BCUT2D eigenvalue weighted by Gasteiger charge is -2.01. The second-order valence-electron chi connectivity index (χ2n) is 6.55. The number of methoxy groups -OCH3 is 1. The van der Waals surface area contributed by atoms with Gasteiger partial charge in [0.2, 0.25) is 17.6 Å². The molecule has 0 aliphatic carbocycles. The number of anilines is 1. The van der Waals surface area contributed by atoms with Crippen molar-refractivity contribution < 1.29 is 14.1 Å². The number of hydrogen-bond donors (Lipinski definition) is 1. The SMILES string of the molecule is COc1ccc(-c2csc(NC(=O)CCCc3nc(-c4ccccc4)no3)n2)cc1. The molecule has 0 atom stereocenters. The van der Waals surface area contributed by atoms with Gasteiger partial charge >= 0.3 is 0 Å². The monoisotopic (exact) mass is 420 g/mol. The Hall–Kier alpha value is -3.52. The molecule has 1 amide bonds. The molecule has 0 radical (unpaired) electrons. The van der Waals surface area contributed by atoms with Crippen molar-refractivity contribution in [3.8, 4) is 28.4 Å². The summed E-state index contributed by atoms with van der Waals surface area (Å²) < 4.78 is 10.4. The van der Waals surface area contributed by atoms with Crippen LogP contribution in [-0.4, -0.2) is 28.1 Å². The zero-order valence-electron chi connectivity index (χ0n) is 16.4. The molecule has 152 valence electrons. The number of aryl methyl sites for hydroxylation is 1. The number of benzene rings is 2. The number of carbonyl (C=O) groups is 1. The van der Waals surface area contributed by atoms with Crippen molar-refractivity contribution in [2.45, 2.75) is 19.3 Å². The number of carbonyl (C=O) groups excluding carboxylic acids is 1. The first-order valence-electron chi connectivity index (χ1n) is 9.49. The molecule has 1 N–H and O–H groups in total. The third-order valence-corrected chi connectivity index (χ3v) is 5.19. The number of thiazole rings is 1. The third-order valence-electron chi connectivity index (χ3n) is 4.43. The van der Waals surface area contributed by atoms with Gasteiger partial charge in [0.25, 0.3) is 0 Å². The number of nitrogens with zero attached hydrogens (tertiary/aromatic N) is 3. The normalized spacial score (nSPS) is 10.7. The molecule has 0 fully saturated rings. The van der Waals surface area contributed by atoms with Crippen LogP contribution in [0.4, 0.5) is 5.13 Å². The van der Waals surface area contributed by atoms with Crippen molar-refractivity contribution in [2.24, 2.45) is 0 Å². The van der Waals surface area contributed by atoms with Crippen LogP contribution in [0.25, 0.3) is 22.6 Å². The average molecular weight is 420 g/mol. The number of nitrogens with one attached hydrogen (secondary N) is 1. The van der Waals surface area contributed by atoms with Gasteiger partial charge in [0, 0.05) is 29.3 Å². The van der Waals surface area contributed by atoms with Gasteiger partial charge in [-0.25, -0.2) is 4.98 Å². The van der Waals surface area contributed by atoms with E-state index in [2.05, 4.69) is 20.4 Å². The number of amides is 1. The summed E-state index contributed by atoms with van der Waals surface area (Å²) in [5.41, 5.74) is 2.69. The summed E-state index contributed by atoms with van der Waals surface area (Å²) in [5.74, 6) is 1.79. The highest BCUT2D eigenvalue weighted by molar-refractivity contribution is 7.14. The van der Waals surface area contributed by atoms with Crippen LogP contribution in [0, 0.1) is 0 Å². The van der Waals surface area contributed by atoms with Gasteiger partial charge in [0.05, 0.1) is 12.8 Å². The maximum Gasteiger partial charge on any atom is 0.226 e. The Labute approximate surface area is 177 Å². The topological polar surface area (TPSA) is 90.1 Å². The molecule has 2 aromatic heterocycles. The largest absolute Gasteiger partial charge is 0.497 e. The lowest BCUT2D eigenvalue weighted by atomic mass is 10.2.